The largest absolute Gasteiger partial charge is 0.488 e. The molecule has 2 aromatic rings. The average Bonchev–Trinajstić information content (AvgIpc) is 2.56. The van der Waals surface area contributed by atoms with Crippen molar-refractivity contribution in [1.29, 1.82) is 0 Å². The molecule has 0 aromatic heterocycles. The number of hydrogen-bond donors (Lipinski definition) is 1. The van der Waals surface area contributed by atoms with Gasteiger partial charge in [-0.15, -0.1) is 0 Å². The van der Waals surface area contributed by atoms with Crippen LogP contribution in [0.2, 0.25) is 5.02 Å². The topological polar surface area (TPSA) is 81.5 Å². The Morgan fingerprint density at radius 2 is 2.12 bits per heavy atom. The SMILES string of the molecule is C=CCOc1cc(NC(=O)c2ccccc2[N+](=O)[O-])c(F)cc1Cl. The zero-order valence-electron chi connectivity index (χ0n) is 12.3. The molecule has 24 heavy (non-hydrogen) atoms. The van der Waals surface area contributed by atoms with Crippen molar-refractivity contribution in [3.05, 3.63) is 75.6 Å². The summed E-state index contributed by atoms with van der Waals surface area (Å²) in [6, 6.07) is 7.54. The van der Waals surface area contributed by atoms with Crippen molar-refractivity contribution >= 4 is 28.9 Å². The number of para-hydroxylation sites is 1. The van der Waals surface area contributed by atoms with Crippen LogP contribution in [0.25, 0.3) is 0 Å². The summed E-state index contributed by atoms with van der Waals surface area (Å²) in [5, 5.41) is 13.3. The normalized spacial score (nSPS) is 10.1. The van der Waals surface area contributed by atoms with Gasteiger partial charge in [0.15, 0.2) is 0 Å². The van der Waals surface area contributed by atoms with Gasteiger partial charge in [0.05, 0.1) is 15.6 Å². The molecule has 0 aliphatic rings. The number of amides is 1. The summed E-state index contributed by atoms with van der Waals surface area (Å²) in [7, 11) is 0. The van der Waals surface area contributed by atoms with Gasteiger partial charge in [0, 0.05) is 12.1 Å². The summed E-state index contributed by atoms with van der Waals surface area (Å²) in [6.45, 7) is 3.63. The minimum absolute atomic E-state index is 0.0260. The number of ether oxygens (including phenoxy) is 1. The number of halogens is 2. The lowest BCUT2D eigenvalue weighted by Crippen LogP contribution is -2.15. The van der Waals surface area contributed by atoms with Gasteiger partial charge in [-0.3, -0.25) is 14.9 Å². The van der Waals surface area contributed by atoms with Gasteiger partial charge in [0.2, 0.25) is 0 Å². The van der Waals surface area contributed by atoms with E-state index >= 15 is 0 Å². The Morgan fingerprint density at radius 1 is 1.42 bits per heavy atom. The second-order valence-corrected chi connectivity index (χ2v) is 5.00. The molecule has 0 fully saturated rings. The first-order chi connectivity index (χ1) is 11.4. The lowest BCUT2D eigenvalue weighted by molar-refractivity contribution is -0.385. The van der Waals surface area contributed by atoms with E-state index in [2.05, 4.69) is 11.9 Å². The Morgan fingerprint density at radius 3 is 2.79 bits per heavy atom. The van der Waals surface area contributed by atoms with Crippen molar-refractivity contribution in [2.75, 3.05) is 11.9 Å². The fourth-order valence-corrected chi connectivity index (χ4v) is 2.10. The Kier molecular flexibility index (Phi) is 5.49. The van der Waals surface area contributed by atoms with E-state index in [-0.39, 0.29) is 34.3 Å². The van der Waals surface area contributed by atoms with Crippen LogP contribution >= 0.6 is 11.6 Å². The van der Waals surface area contributed by atoms with Crippen LogP contribution < -0.4 is 10.1 Å². The number of anilines is 1. The molecule has 6 nitrogen and oxygen atoms in total. The smallest absolute Gasteiger partial charge is 0.282 e. The Bertz CT molecular complexity index is 811. The van der Waals surface area contributed by atoms with Crippen LogP contribution in [0, 0.1) is 15.9 Å². The molecule has 0 saturated carbocycles. The van der Waals surface area contributed by atoms with Crippen molar-refractivity contribution in [3.8, 4) is 5.75 Å². The van der Waals surface area contributed by atoms with E-state index in [1.54, 1.807) is 0 Å². The molecule has 2 aromatic carbocycles. The number of rotatable bonds is 6. The predicted molar refractivity (Wildman–Crippen MR) is 88.2 cm³/mol. The Balaban J connectivity index is 2.32. The quantitative estimate of drug-likeness (QED) is 0.481. The summed E-state index contributed by atoms with van der Waals surface area (Å²) in [6.07, 6.45) is 1.48. The van der Waals surface area contributed by atoms with Gasteiger partial charge in [-0.25, -0.2) is 4.39 Å². The van der Waals surface area contributed by atoms with Crippen LogP contribution in [0.5, 0.6) is 5.75 Å². The third-order valence-electron chi connectivity index (χ3n) is 2.97. The van der Waals surface area contributed by atoms with E-state index < -0.39 is 16.6 Å². The Hall–Kier alpha value is -2.93. The monoisotopic (exact) mass is 350 g/mol. The number of nitro groups is 1. The third-order valence-corrected chi connectivity index (χ3v) is 3.27. The van der Waals surface area contributed by atoms with Crippen LogP contribution in [0.4, 0.5) is 15.8 Å². The fourth-order valence-electron chi connectivity index (χ4n) is 1.90. The number of nitro benzene ring substituents is 1. The predicted octanol–water partition coefficient (Wildman–Crippen LogP) is 4.20. The van der Waals surface area contributed by atoms with Crippen molar-refractivity contribution in [2.45, 2.75) is 0 Å². The second kappa shape index (κ2) is 7.56. The Labute approximate surface area is 141 Å². The summed E-state index contributed by atoms with van der Waals surface area (Å²) >= 11 is 5.86. The van der Waals surface area contributed by atoms with Gasteiger partial charge >= 0.3 is 0 Å². The van der Waals surface area contributed by atoms with E-state index in [9.17, 15) is 19.3 Å². The van der Waals surface area contributed by atoms with Gasteiger partial charge in [-0.1, -0.05) is 36.4 Å². The molecule has 0 spiro atoms. The molecule has 0 bridgehead atoms. The molecular weight excluding hydrogens is 339 g/mol. The van der Waals surface area contributed by atoms with Crippen LogP contribution in [0.3, 0.4) is 0 Å². The van der Waals surface area contributed by atoms with Crippen LogP contribution in [-0.4, -0.2) is 17.4 Å². The number of carbonyl (C=O) groups excluding carboxylic acids is 1. The van der Waals surface area contributed by atoms with E-state index in [1.165, 1.54) is 36.4 Å². The highest BCUT2D eigenvalue weighted by molar-refractivity contribution is 6.32. The maximum absolute atomic E-state index is 14.0. The number of hydrogen-bond acceptors (Lipinski definition) is 4. The first kappa shape index (κ1) is 17.4. The summed E-state index contributed by atoms with van der Waals surface area (Å²) in [5.74, 6) is -1.47. The molecule has 0 radical (unpaired) electrons. The maximum atomic E-state index is 14.0. The molecule has 0 saturated heterocycles. The van der Waals surface area contributed by atoms with Gasteiger partial charge in [0.1, 0.15) is 23.7 Å². The highest BCUT2D eigenvalue weighted by Gasteiger charge is 2.21. The van der Waals surface area contributed by atoms with Gasteiger partial charge in [-0.2, -0.15) is 0 Å². The fraction of sp³-hybridized carbons (Fsp3) is 0.0625. The second-order valence-electron chi connectivity index (χ2n) is 4.59. The third kappa shape index (κ3) is 3.88. The van der Waals surface area contributed by atoms with Crippen LogP contribution in [0.1, 0.15) is 10.4 Å². The number of nitrogens with zero attached hydrogens (tertiary/aromatic N) is 1. The zero-order valence-corrected chi connectivity index (χ0v) is 13.0. The maximum Gasteiger partial charge on any atom is 0.282 e. The lowest BCUT2D eigenvalue weighted by Gasteiger charge is -2.11. The minimum Gasteiger partial charge on any atom is -0.488 e. The highest BCUT2D eigenvalue weighted by Crippen LogP contribution is 2.31. The molecule has 1 N–H and O–H groups in total. The van der Waals surface area contributed by atoms with Gasteiger partial charge in [0.25, 0.3) is 11.6 Å². The molecule has 2 rings (SSSR count). The van der Waals surface area contributed by atoms with Crippen molar-refractivity contribution in [3.63, 3.8) is 0 Å². The summed E-state index contributed by atoms with van der Waals surface area (Å²) in [4.78, 5) is 22.5. The zero-order chi connectivity index (χ0) is 17.7. The molecule has 0 aliphatic carbocycles. The minimum atomic E-state index is -0.821. The standard InChI is InChI=1S/C16H12ClFN2O4/c1-2-7-24-15-9-13(12(18)8-11(15)17)19-16(21)10-5-3-4-6-14(10)20(22)23/h2-6,8-9H,1,7H2,(H,19,21). The van der Waals surface area contributed by atoms with Crippen LogP contribution in [-0.2, 0) is 0 Å². The molecule has 0 unspecified atom stereocenters. The molecule has 8 heteroatoms. The van der Waals surface area contributed by atoms with E-state index in [0.29, 0.717) is 0 Å². The van der Waals surface area contributed by atoms with Gasteiger partial charge < -0.3 is 10.1 Å². The van der Waals surface area contributed by atoms with E-state index in [4.69, 9.17) is 16.3 Å². The number of carbonyl (C=O) groups is 1. The molecular formula is C16H12ClFN2O4. The van der Waals surface area contributed by atoms with Crippen molar-refractivity contribution in [1.82, 2.24) is 0 Å². The van der Waals surface area contributed by atoms with Crippen molar-refractivity contribution < 1.29 is 18.8 Å². The number of benzene rings is 2. The van der Waals surface area contributed by atoms with Crippen molar-refractivity contribution in [2.24, 2.45) is 0 Å². The molecule has 0 aliphatic heterocycles. The van der Waals surface area contributed by atoms with Gasteiger partial charge in [-0.05, 0) is 12.1 Å². The highest BCUT2D eigenvalue weighted by atomic mass is 35.5. The van der Waals surface area contributed by atoms with Crippen LogP contribution in [0.15, 0.2) is 49.1 Å². The molecule has 124 valence electrons. The number of nitrogens with one attached hydrogen (secondary N) is 1. The first-order valence-electron chi connectivity index (χ1n) is 6.71. The first-order valence-corrected chi connectivity index (χ1v) is 7.09. The molecule has 0 atom stereocenters. The van der Waals surface area contributed by atoms with E-state index in [0.717, 1.165) is 6.07 Å². The summed E-state index contributed by atoms with van der Waals surface area (Å²) < 4.78 is 19.2. The molecule has 1 amide bonds. The summed E-state index contributed by atoms with van der Waals surface area (Å²) in [5.41, 5.74) is -0.778. The lowest BCUT2D eigenvalue weighted by atomic mass is 10.1. The molecule has 0 heterocycles. The van der Waals surface area contributed by atoms with E-state index in [1.807, 2.05) is 0 Å². The average molecular weight is 351 g/mol.